The van der Waals surface area contributed by atoms with E-state index in [2.05, 4.69) is 10.6 Å². The number of sulfonamides is 1. The summed E-state index contributed by atoms with van der Waals surface area (Å²) in [5.74, 6) is 5.16. The molecule has 0 aromatic heterocycles. The van der Waals surface area contributed by atoms with Gasteiger partial charge in [-0.3, -0.25) is 0 Å². The highest BCUT2D eigenvalue weighted by atomic mass is 35.5. The molecular weight excluding hydrogens is 457 g/mol. The summed E-state index contributed by atoms with van der Waals surface area (Å²) >= 11 is 12.1. The third-order valence-electron chi connectivity index (χ3n) is 5.91. The van der Waals surface area contributed by atoms with Crippen LogP contribution in [-0.2, 0) is 10.0 Å². The average molecular weight is 487 g/mol. The van der Waals surface area contributed by atoms with E-state index in [1.165, 1.54) is 18.2 Å². The molecule has 0 heterocycles. The molecule has 0 bridgehead atoms. The quantitative estimate of drug-likeness (QED) is 0.182. The number of hydrogen-bond donors (Lipinski definition) is 3. The van der Waals surface area contributed by atoms with Crippen molar-refractivity contribution in [1.29, 1.82) is 0 Å². The van der Waals surface area contributed by atoms with E-state index in [-0.39, 0.29) is 26.7 Å². The van der Waals surface area contributed by atoms with Gasteiger partial charge in [-0.2, -0.15) is 8.42 Å². The summed E-state index contributed by atoms with van der Waals surface area (Å²) in [6, 6.07) is 7.55. The van der Waals surface area contributed by atoms with Crippen LogP contribution in [0.15, 0.2) is 40.3 Å². The number of nitrogens with two attached hydrogens (primary N) is 2. The molecule has 0 saturated heterocycles. The monoisotopic (exact) mass is 486 g/mol. The highest BCUT2D eigenvalue weighted by Gasteiger charge is 2.48. The van der Waals surface area contributed by atoms with Crippen LogP contribution >= 0.6 is 23.2 Å². The van der Waals surface area contributed by atoms with Gasteiger partial charge in [0, 0.05) is 5.92 Å². The van der Waals surface area contributed by atoms with E-state index in [9.17, 15) is 8.42 Å². The van der Waals surface area contributed by atoms with Crippen LogP contribution in [0.25, 0.3) is 0 Å². The van der Waals surface area contributed by atoms with Gasteiger partial charge in [0.2, 0.25) is 0 Å². The SMILES string of the molecule is Cc1ccc(C)c(C(C)C(/C(N)=N/NN)[N+](C)(C)S(=O)(=O)c2ccc(Cl)c(Cl)c2)c1C. The van der Waals surface area contributed by atoms with Gasteiger partial charge in [0.05, 0.1) is 24.1 Å². The zero-order chi connectivity index (χ0) is 23.7. The van der Waals surface area contributed by atoms with Crippen LogP contribution in [-0.4, -0.2) is 38.3 Å². The lowest BCUT2D eigenvalue weighted by Gasteiger charge is -2.39. The summed E-state index contributed by atoms with van der Waals surface area (Å²) in [6.45, 7) is 7.98. The van der Waals surface area contributed by atoms with Crippen molar-refractivity contribution < 1.29 is 12.3 Å². The number of benzene rings is 2. The Morgan fingerprint density at radius 1 is 1.06 bits per heavy atom. The Kier molecular flexibility index (Phi) is 7.66. The summed E-state index contributed by atoms with van der Waals surface area (Å²) in [7, 11) is -0.801. The van der Waals surface area contributed by atoms with E-state index < -0.39 is 20.0 Å². The van der Waals surface area contributed by atoms with E-state index in [0.717, 1.165) is 22.3 Å². The Morgan fingerprint density at radius 2 is 1.65 bits per heavy atom. The first-order valence-corrected chi connectivity index (χ1v) is 11.9. The Bertz CT molecular complexity index is 1120. The minimum Gasteiger partial charge on any atom is -0.381 e. The van der Waals surface area contributed by atoms with Gasteiger partial charge in [0.15, 0.2) is 11.9 Å². The highest BCUT2D eigenvalue weighted by molar-refractivity contribution is 7.86. The number of hydrazine groups is 1. The number of quaternary nitrogens is 1. The fraction of sp³-hybridized carbons (Fsp3) is 0.381. The molecule has 2 aromatic rings. The zero-order valence-electron chi connectivity index (χ0n) is 18.6. The number of rotatable bonds is 7. The van der Waals surface area contributed by atoms with Crippen molar-refractivity contribution in [2.45, 2.75) is 44.6 Å². The second kappa shape index (κ2) is 9.34. The molecule has 0 fully saturated rings. The lowest BCUT2D eigenvalue weighted by Crippen LogP contribution is -2.60. The van der Waals surface area contributed by atoms with E-state index in [4.69, 9.17) is 34.8 Å². The van der Waals surface area contributed by atoms with Gasteiger partial charge in [-0.1, -0.05) is 42.3 Å². The molecule has 31 heavy (non-hydrogen) atoms. The maximum atomic E-state index is 13.7. The summed E-state index contributed by atoms with van der Waals surface area (Å²) in [4.78, 5) is 0.0373. The van der Waals surface area contributed by atoms with Crippen LogP contribution in [0.2, 0.25) is 10.0 Å². The van der Waals surface area contributed by atoms with Crippen LogP contribution in [0.5, 0.6) is 0 Å². The van der Waals surface area contributed by atoms with Crippen LogP contribution in [0.3, 0.4) is 0 Å². The summed E-state index contributed by atoms with van der Waals surface area (Å²) in [6.07, 6.45) is 0. The number of halogens is 2. The van der Waals surface area contributed by atoms with E-state index in [1.54, 1.807) is 14.1 Å². The zero-order valence-corrected chi connectivity index (χ0v) is 20.9. The average Bonchev–Trinajstić information content (AvgIpc) is 2.67. The first-order chi connectivity index (χ1) is 14.3. The standard InChI is InChI=1S/C21H30Cl2N5O2S/c1-12-7-8-13(2)19(14(12)3)15(4)20(21(24)26-27-25)28(5,6)31(29,30)16-9-10-17(22)18(23)11-16/h7-11,15,20,27H,25H2,1-6H3,(H2,24,26)/q+1. The Morgan fingerprint density at radius 3 is 2.19 bits per heavy atom. The fourth-order valence-corrected chi connectivity index (χ4v) is 6.15. The van der Waals surface area contributed by atoms with Gasteiger partial charge in [-0.15, -0.1) is 5.10 Å². The lowest BCUT2D eigenvalue weighted by atomic mass is 9.84. The third kappa shape index (κ3) is 4.68. The number of hydrogen-bond acceptors (Lipinski definition) is 5. The van der Waals surface area contributed by atoms with Crippen molar-refractivity contribution in [1.82, 2.24) is 5.53 Å². The maximum Gasteiger partial charge on any atom is 0.327 e. The van der Waals surface area contributed by atoms with Gasteiger partial charge < -0.3 is 5.73 Å². The van der Waals surface area contributed by atoms with Crippen molar-refractivity contribution in [3.63, 3.8) is 0 Å². The highest BCUT2D eigenvalue weighted by Crippen LogP contribution is 2.36. The minimum atomic E-state index is -3.96. The molecule has 5 N–H and O–H groups in total. The van der Waals surface area contributed by atoms with Crippen LogP contribution in [0.1, 0.15) is 35.1 Å². The molecule has 2 atom stereocenters. The lowest BCUT2D eigenvalue weighted by molar-refractivity contribution is -0.781. The number of nitrogens with one attached hydrogen (secondary N) is 1. The number of aryl methyl sites for hydroxylation is 2. The molecule has 170 valence electrons. The Balaban J connectivity index is 2.74. The molecule has 0 amide bonds. The third-order valence-corrected chi connectivity index (χ3v) is 8.96. The summed E-state index contributed by atoms with van der Waals surface area (Å²) in [5.41, 5.74) is 12.8. The van der Waals surface area contributed by atoms with Gasteiger partial charge in [-0.05, 0) is 61.2 Å². The molecule has 7 nitrogen and oxygen atoms in total. The molecule has 0 saturated carbocycles. The predicted molar refractivity (Wildman–Crippen MR) is 128 cm³/mol. The number of nitrogens with zero attached hydrogens (tertiary/aromatic N) is 2. The Labute approximate surface area is 194 Å². The van der Waals surface area contributed by atoms with E-state index >= 15 is 0 Å². The van der Waals surface area contributed by atoms with Crippen molar-refractivity contribution in [3.05, 3.63) is 62.6 Å². The van der Waals surface area contributed by atoms with Gasteiger partial charge in [0.1, 0.15) is 4.90 Å². The number of likely N-dealkylation sites (N-methyl/N-ethyl adjacent to an activating group) is 1. The molecule has 2 rings (SSSR count). The first-order valence-electron chi connectivity index (χ1n) is 9.66. The Hall–Kier alpha value is -1.84. The first kappa shape index (κ1) is 25.4. The molecule has 2 aromatic carbocycles. The van der Waals surface area contributed by atoms with Crippen molar-refractivity contribution in [2.75, 3.05) is 14.1 Å². The second-order valence-corrected chi connectivity index (χ2v) is 11.3. The topological polar surface area (TPSA) is 111 Å². The van der Waals surface area contributed by atoms with Crippen LogP contribution in [0.4, 0.5) is 0 Å². The predicted octanol–water partition coefficient (Wildman–Crippen LogP) is 3.59. The van der Waals surface area contributed by atoms with Crippen molar-refractivity contribution in [2.24, 2.45) is 16.7 Å². The molecule has 2 unspecified atom stereocenters. The summed E-state index contributed by atoms with van der Waals surface area (Å²) in [5, 5.41) is 4.38. The van der Waals surface area contributed by atoms with E-state index in [1.807, 2.05) is 39.8 Å². The maximum absolute atomic E-state index is 13.7. The minimum absolute atomic E-state index is 0.0373. The number of amidine groups is 1. The summed E-state index contributed by atoms with van der Waals surface area (Å²) < 4.78 is 27.0. The molecule has 0 spiro atoms. The van der Waals surface area contributed by atoms with Crippen molar-refractivity contribution >= 4 is 39.1 Å². The largest absolute Gasteiger partial charge is 0.381 e. The molecule has 10 heteroatoms. The smallest absolute Gasteiger partial charge is 0.327 e. The van der Waals surface area contributed by atoms with Gasteiger partial charge >= 0.3 is 10.0 Å². The number of hydrazone groups is 1. The van der Waals surface area contributed by atoms with Crippen LogP contribution < -0.4 is 17.1 Å². The van der Waals surface area contributed by atoms with Crippen molar-refractivity contribution in [3.8, 4) is 0 Å². The van der Waals surface area contributed by atoms with Gasteiger partial charge in [0.25, 0.3) is 0 Å². The molecule has 0 aliphatic rings. The van der Waals surface area contributed by atoms with Gasteiger partial charge in [-0.25, -0.2) is 15.3 Å². The molecule has 0 aliphatic carbocycles. The molecule has 0 aliphatic heterocycles. The second-order valence-electron chi connectivity index (χ2n) is 8.12. The van der Waals surface area contributed by atoms with Crippen LogP contribution in [0, 0.1) is 20.8 Å². The molecule has 0 radical (unpaired) electrons. The van der Waals surface area contributed by atoms with E-state index in [0.29, 0.717) is 0 Å². The fourth-order valence-electron chi connectivity index (χ4n) is 4.14. The molecular formula is C21H30Cl2N5O2S+. The normalized spacial score (nSPS) is 14.9.